The summed E-state index contributed by atoms with van der Waals surface area (Å²) in [6, 6.07) is 5.64. The number of benzene rings is 1. The van der Waals surface area contributed by atoms with E-state index in [0.717, 1.165) is 10.3 Å². The first-order valence-corrected chi connectivity index (χ1v) is 4.70. The molecule has 0 unspecified atom stereocenters. The van der Waals surface area contributed by atoms with Gasteiger partial charge in [-0.25, -0.2) is 8.91 Å². The summed E-state index contributed by atoms with van der Waals surface area (Å²) in [6.07, 6.45) is 0. The molecule has 0 atom stereocenters. The summed E-state index contributed by atoms with van der Waals surface area (Å²) in [4.78, 5) is 11.5. The molecule has 3 aromatic rings. The molecule has 0 fully saturated rings. The molecule has 0 saturated heterocycles. The SMILES string of the molecule is Cc1cc(=O)n2nnc3cc(F)ccc3n12. The Morgan fingerprint density at radius 3 is 2.94 bits per heavy atom. The van der Waals surface area contributed by atoms with E-state index in [9.17, 15) is 9.18 Å². The number of nitrogens with zero attached hydrogens (tertiary/aromatic N) is 4. The van der Waals surface area contributed by atoms with Gasteiger partial charge in [0.05, 0.1) is 5.52 Å². The summed E-state index contributed by atoms with van der Waals surface area (Å²) >= 11 is 0. The summed E-state index contributed by atoms with van der Waals surface area (Å²) in [6.45, 7) is 1.78. The van der Waals surface area contributed by atoms with Crippen LogP contribution in [0.25, 0.3) is 11.0 Å². The number of fused-ring (bicyclic) bond motifs is 3. The first-order chi connectivity index (χ1) is 7.66. The topological polar surface area (TPSA) is 51.7 Å². The Bertz CT molecular complexity index is 758. The van der Waals surface area contributed by atoms with E-state index >= 15 is 0 Å². The average Bonchev–Trinajstić information content (AvgIpc) is 2.54. The predicted molar refractivity (Wildman–Crippen MR) is 54.9 cm³/mol. The van der Waals surface area contributed by atoms with Crippen LogP contribution in [0.15, 0.2) is 29.1 Å². The van der Waals surface area contributed by atoms with Gasteiger partial charge in [-0.15, -0.1) is 9.73 Å². The van der Waals surface area contributed by atoms with E-state index in [1.807, 2.05) is 0 Å². The average molecular weight is 218 g/mol. The Hall–Kier alpha value is -2.24. The van der Waals surface area contributed by atoms with Gasteiger partial charge in [-0.2, -0.15) is 0 Å². The van der Waals surface area contributed by atoms with E-state index in [4.69, 9.17) is 0 Å². The van der Waals surface area contributed by atoms with E-state index in [-0.39, 0.29) is 11.4 Å². The third kappa shape index (κ3) is 1.06. The summed E-state index contributed by atoms with van der Waals surface area (Å²) in [5.74, 6) is -0.377. The maximum Gasteiger partial charge on any atom is 0.290 e. The minimum Gasteiger partial charge on any atom is -0.266 e. The smallest absolute Gasteiger partial charge is 0.266 e. The Balaban J connectivity index is 2.63. The molecule has 80 valence electrons. The molecule has 3 rings (SSSR count). The summed E-state index contributed by atoms with van der Waals surface area (Å²) in [5.41, 5.74) is 1.54. The van der Waals surface area contributed by atoms with Gasteiger partial charge in [0.15, 0.2) is 0 Å². The van der Waals surface area contributed by atoms with Crippen molar-refractivity contribution in [1.29, 1.82) is 0 Å². The van der Waals surface area contributed by atoms with Crippen molar-refractivity contribution in [2.24, 2.45) is 0 Å². The molecule has 0 aliphatic heterocycles. The molecule has 0 saturated carbocycles. The van der Waals surface area contributed by atoms with Crippen LogP contribution in [0.5, 0.6) is 0 Å². The van der Waals surface area contributed by atoms with Gasteiger partial charge in [0, 0.05) is 17.8 Å². The third-order valence-electron chi connectivity index (χ3n) is 2.46. The highest BCUT2D eigenvalue weighted by atomic mass is 19.1. The van der Waals surface area contributed by atoms with Gasteiger partial charge in [0.2, 0.25) is 0 Å². The number of hydrogen-bond donors (Lipinski definition) is 0. The van der Waals surface area contributed by atoms with Crippen LogP contribution in [-0.4, -0.2) is 19.5 Å². The van der Waals surface area contributed by atoms with Crippen molar-refractivity contribution >= 4 is 11.0 Å². The molecule has 0 N–H and O–H groups in total. The number of hydrogen-bond acceptors (Lipinski definition) is 3. The molecule has 0 aliphatic rings. The van der Waals surface area contributed by atoms with Crippen LogP contribution in [0.2, 0.25) is 0 Å². The van der Waals surface area contributed by atoms with E-state index in [1.54, 1.807) is 17.5 Å². The second-order valence-corrected chi connectivity index (χ2v) is 3.55. The van der Waals surface area contributed by atoms with Crippen LogP contribution in [0.4, 0.5) is 4.39 Å². The maximum atomic E-state index is 13.0. The molecule has 6 heteroatoms. The second-order valence-electron chi connectivity index (χ2n) is 3.55. The monoisotopic (exact) mass is 218 g/mol. The highest BCUT2D eigenvalue weighted by Gasteiger charge is 2.08. The van der Waals surface area contributed by atoms with E-state index in [2.05, 4.69) is 10.3 Å². The first kappa shape index (κ1) is 9.02. The lowest BCUT2D eigenvalue weighted by atomic mass is 10.3. The highest BCUT2D eigenvalue weighted by molar-refractivity contribution is 5.73. The molecule has 5 nitrogen and oxygen atoms in total. The number of aryl methyl sites for hydroxylation is 1. The molecule has 0 radical (unpaired) electrons. The molecule has 1 aromatic carbocycles. The van der Waals surface area contributed by atoms with Gasteiger partial charge in [-0.05, 0) is 24.3 Å². The van der Waals surface area contributed by atoms with Crippen molar-refractivity contribution in [3.05, 3.63) is 46.1 Å². The van der Waals surface area contributed by atoms with Crippen molar-refractivity contribution in [2.75, 3.05) is 0 Å². The van der Waals surface area contributed by atoms with Crippen molar-refractivity contribution in [1.82, 2.24) is 19.5 Å². The van der Waals surface area contributed by atoms with E-state index < -0.39 is 0 Å². The van der Waals surface area contributed by atoms with E-state index in [0.29, 0.717) is 11.0 Å². The molecular weight excluding hydrogens is 211 g/mol. The van der Waals surface area contributed by atoms with Gasteiger partial charge in [-0.1, -0.05) is 0 Å². The van der Waals surface area contributed by atoms with Gasteiger partial charge < -0.3 is 0 Å². The lowest BCUT2D eigenvalue weighted by Gasteiger charge is -2.02. The summed E-state index contributed by atoms with van der Waals surface area (Å²) in [7, 11) is 0. The van der Waals surface area contributed by atoms with Crippen LogP contribution in [0, 0.1) is 12.7 Å². The van der Waals surface area contributed by atoms with Crippen molar-refractivity contribution in [3.8, 4) is 0 Å². The Labute approximate surface area is 88.7 Å². The maximum absolute atomic E-state index is 13.0. The molecule has 2 aromatic heterocycles. The minimum absolute atomic E-state index is 0.253. The normalized spacial score (nSPS) is 11.4. The lowest BCUT2D eigenvalue weighted by Crippen LogP contribution is -2.16. The number of rotatable bonds is 0. The lowest BCUT2D eigenvalue weighted by molar-refractivity contribution is 0.618. The van der Waals surface area contributed by atoms with Gasteiger partial charge in [-0.3, -0.25) is 4.79 Å². The molecule has 0 spiro atoms. The first-order valence-electron chi connectivity index (χ1n) is 4.70. The van der Waals surface area contributed by atoms with Crippen molar-refractivity contribution in [2.45, 2.75) is 6.92 Å². The Morgan fingerprint density at radius 2 is 2.12 bits per heavy atom. The number of aromatic nitrogens is 4. The minimum atomic E-state index is -0.377. The number of halogens is 1. The van der Waals surface area contributed by atoms with Crippen LogP contribution < -0.4 is 5.56 Å². The molecular formula is C10H7FN4O. The molecule has 0 aliphatic carbocycles. The van der Waals surface area contributed by atoms with E-state index in [1.165, 1.54) is 18.2 Å². The van der Waals surface area contributed by atoms with Crippen LogP contribution in [0.3, 0.4) is 0 Å². The zero-order chi connectivity index (χ0) is 11.3. The molecule has 0 amide bonds. The fourth-order valence-corrected chi connectivity index (χ4v) is 1.77. The zero-order valence-electron chi connectivity index (χ0n) is 8.38. The fraction of sp³-hybridized carbons (Fsp3) is 0.100. The summed E-state index contributed by atoms with van der Waals surface area (Å²) in [5, 5.41) is 7.52. The molecule has 2 heterocycles. The Morgan fingerprint density at radius 1 is 1.31 bits per heavy atom. The van der Waals surface area contributed by atoms with Gasteiger partial charge in [0.25, 0.3) is 5.56 Å². The van der Waals surface area contributed by atoms with Crippen LogP contribution in [-0.2, 0) is 0 Å². The van der Waals surface area contributed by atoms with Crippen molar-refractivity contribution < 1.29 is 4.39 Å². The van der Waals surface area contributed by atoms with Gasteiger partial charge >= 0.3 is 0 Å². The fourth-order valence-electron chi connectivity index (χ4n) is 1.77. The zero-order valence-corrected chi connectivity index (χ0v) is 8.38. The quantitative estimate of drug-likeness (QED) is 0.560. The third-order valence-corrected chi connectivity index (χ3v) is 2.46. The summed E-state index contributed by atoms with van der Waals surface area (Å²) < 4.78 is 15.7. The second kappa shape index (κ2) is 2.88. The predicted octanol–water partition coefficient (Wildman–Crippen LogP) is 0.790. The standard InChI is InChI=1S/C10H7FN4O/c1-6-4-10(16)15-13-12-8-5-7(11)2-3-9(8)14(6)15/h2-5H,1H3. The van der Waals surface area contributed by atoms with Crippen molar-refractivity contribution in [3.63, 3.8) is 0 Å². The Kier molecular flexibility index (Phi) is 1.62. The van der Waals surface area contributed by atoms with Crippen LogP contribution >= 0.6 is 0 Å². The van der Waals surface area contributed by atoms with Crippen LogP contribution in [0.1, 0.15) is 5.69 Å². The molecule has 16 heavy (non-hydrogen) atoms. The largest absolute Gasteiger partial charge is 0.290 e. The molecule has 0 bridgehead atoms. The highest BCUT2D eigenvalue weighted by Crippen LogP contribution is 2.11. The van der Waals surface area contributed by atoms with Gasteiger partial charge in [0.1, 0.15) is 11.3 Å².